The van der Waals surface area contributed by atoms with E-state index >= 15 is 0 Å². The Hall–Kier alpha value is -2.81. The van der Waals surface area contributed by atoms with E-state index in [1.54, 1.807) is 18.3 Å². The first kappa shape index (κ1) is 15.1. The van der Waals surface area contributed by atoms with E-state index < -0.39 is 16.7 Å². The van der Waals surface area contributed by atoms with Gasteiger partial charge in [-0.3, -0.25) is 24.6 Å². The third kappa shape index (κ3) is 2.78. The maximum absolute atomic E-state index is 12.3. The molecule has 1 aromatic carbocycles. The molecule has 0 spiro atoms. The van der Waals surface area contributed by atoms with E-state index in [4.69, 9.17) is 0 Å². The fourth-order valence-corrected chi connectivity index (χ4v) is 2.41. The van der Waals surface area contributed by atoms with Crippen molar-refractivity contribution in [1.82, 2.24) is 9.88 Å². The Labute approximate surface area is 138 Å². The molecule has 1 aliphatic rings. The number of amides is 2. The molecule has 3 rings (SSSR count). The highest BCUT2D eigenvalue weighted by Crippen LogP contribution is 2.26. The van der Waals surface area contributed by atoms with Crippen molar-refractivity contribution in [3.63, 3.8) is 0 Å². The quantitative estimate of drug-likeness (QED) is 0.498. The summed E-state index contributed by atoms with van der Waals surface area (Å²) in [6.45, 7) is -0.0746. The number of nitro benzene ring substituents is 1. The zero-order valence-electron chi connectivity index (χ0n) is 11.5. The summed E-state index contributed by atoms with van der Waals surface area (Å²) in [5.41, 5.74) is -0.0322. The number of imide groups is 1. The van der Waals surface area contributed by atoms with Crippen LogP contribution in [0, 0.1) is 10.1 Å². The Bertz CT molecular complexity index is 822. The van der Waals surface area contributed by atoms with Crippen molar-refractivity contribution in [2.24, 2.45) is 0 Å². The Balaban J connectivity index is 1.79. The van der Waals surface area contributed by atoms with E-state index in [1.165, 1.54) is 12.1 Å². The predicted molar refractivity (Wildman–Crippen MR) is 84.0 cm³/mol. The molecule has 23 heavy (non-hydrogen) atoms. The number of carbonyl (C=O) groups excluding carboxylic acids is 2. The number of nitrogens with zero attached hydrogens (tertiary/aromatic N) is 3. The first-order chi connectivity index (χ1) is 11.0. The number of hydrogen-bond acceptors (Lipinski definition) is 6. The van der Waals surface area contributed by atoms with Gasteiger partial charge in [0.2, 0.25) is 0 Å². The van der Waals surface area contributed by atoms with Gasteiger partial charge in [0.25, 0.3) is 17.5 Å². The highest BCUT2D eigenvalue weighted by atomic mass is 79.9. The molecule has 0 fully saturated rings. The van der Waals surface area contributed by atoms with Gasteiger partial charge in [0.1, 0.15) is 5.82 Å². The van der Waals surface area contributed by atoms with Crippen molar-refractivity contribution < 1.29 is 14.5 Å². The molecule has 2 heterocycles. The number of hydrogen-bond donors (Lipinski definition) is 1. The summed E-state index contributed by atoms with van der Waals surface area (Å²) in [6.07, 6.45) is 1.58. The normalized spacial score (nSPS) is 13.2. The van der Waals surface area contributed by atoms with Crippen molar-refractivity contribution in [2.45, 2.75) is 0 Å². The molecule has 1 aliphatic heterocycles. The summed E-state index contributed by atoms with van der Waals surface area (Å²) in [6, 6.07) is 7.07. The zero-order chi connectivity index (χ0) is 16.6. The molecule has 9 heteroatoms. The van der Waals surface area contributed by atoms with Crippen LogP contribution >= 0.6 is 15.9 Å². The maximum atomic E-state index is 12.3. The molecule has 0 saturated carbocycles. The first-order valence-electron chi connectivity index (χ1n) is 6.47. The number of nitro groups is 1. The van der Waals surface area contributed by atoms with E-state index in [2.05, 4.69) is 26.2 Å². The monoisotopic (exact) mass is 376 g/mol. The minimum atomic E-state index is -0.606. The number of fused-ring (bicyclic) bond motifs is 1. The molecule has 2 aromatic rings. The lowest BCUT2D eigenvalue weighted by atomic mass is 10.1. The number of nitrogens with one attached hydrogen (secondary N) is 1. The molecule has 0 aliphatic carbocycles. The maximum Gasteiger partial charge on any atom is 0.270 e. The van der Waals surface area contributed by atoms with E-state index in [1.807, 2.05) is 0 Å². The second-order valence-electron chi connectivity index (χ2n) is 4.72. The summed E-state index contributed by atoms with van der Waals surface area (Å²) >= 11 is 3.26. The Kier molecular flexibility index (Phi) is 3.78. The molecule has 0 saturated heterocycles. The molecular weight excluding hydrogens is 368 g/mol. The summed E-state index contributed by atoms with van der Waals surface area (Å²) in [4.78, 5) is 39.7. The minimum absolute atomic E-state index is 0.0368. The van der Waals surface area contributed by atoms with Crippen LogP contribution in [-0.2, 0) is 0 Å². The van der Waals surface area contributed by atoms with Crippen molar-refractivity contribution in [1.29, 1.82) is 0 Å². The molecule has 8 nitrogen and oxygen atoms in total. The number of aromatic nitrogens is 1. The largest absolute Gasteiger partial charge is 0.352 e. The van der Waals surface area contributed by atoms with Crippen LogP contribution in [0.3, 0.4) is 0 Å². The number of benzene rings is 1. The van der Waals surface area contributed by atoms with Crippen LogP contribution in [-0.4, -0.2) is 33.3 Å². The van der Waals surface area contributed by atoms with Crippen LogP contribution in [0.4, 0.5) is 11.5 Å². The van der Waals surface area contributed by atoms with Crippen LogP contribution in [0.2, 0.25) is 0 Å². The number of rotatable bonds is 4. The minimum Gasteiger partial charge on any atom is -0.352 e. The van der Waals surface area contributed by atoms with Crippen molar-refractivity contribution in [2.75, 3.05) is 12.0 Å². The summed E-state index contributed by atoms with van der Waals surface area (Å²) in [5.74, 6) is -0.571. The van der Waals surface area contributed by atoms with Gasteiger partial charge in [0.15, 0.2) is 0 Å². The van der Waals surface area contributed by atoms with Crippen LogP contribution in [0.25, 0.3) is 0 Å². The average molecular weight is 377 g/mol. The Morgan fingerprint density at radius 1 is 1.17 bits per heavy atom. The fraction of sp³-hybridized carbons (Fsp3) is 0.0714. The Morgan fingerprint density at radius 3 is 2.57 bits per heavy atom. The van der Waals surface area contributed by atoms with Crippen LogP contribution in [0.1, 0.15) is 20.7 Å². The SMILES string of the molecule is O=C1c2ccc([N+](=O)[O-])cc2C(=O)N1CNc1ccc(Br)cn1. The number of carbonyl (C=O) groups is 2. The van der Waals surface area contributed by atoms with Gasteiger partial charge >= 0.3 is 0 Å². The fourth-order valence-electron chi connectivity index (χ4n) is 2.18. The molecule has 1 aromatic heterocycles. The van der Waals surface area contributed by atoms with Crippen molar-refractivity contribution in [3.8, 4) is 0 Å². The van der Waals surface area contributed by atoms with Gasteiger partial charge in [-0.25, -0.2) is 4.98 Å². The van der Waals surface area contributed by atoms with E-state index in [9.17, 15) is 19.7 Å². The summed E-state index contributed by atoms with van der Waals surface area (Å²) < 4.78 is 0.802. The lowest BCUT2D eigenvalue weighted by molar-refractivity contribution is -0.384. The third-order valence-electron chi connectivity index (χ3n) is 3.31. The third-order valence-corrected chi connectivity index (χ3v) is 3.78. The molecule has 0 bridgehead atoms. The molecule has 0 atom stereocenters. The number of non-ortho nitro benzene ring substituents is 1. The standard InChI is InChI=1S/C14H9BrN4O4/c15-8-1-4-12(16-6-8)17-7-18-13(20)10-3-2-9(19(22)23)5-11(10)14(18)21/h1-6H,7H2,(H,16,17). The second-order valence-corrected chi connectivity index (χ2v) is 5.64. The smallest absolute Gasteiger partial charge is 0.270 e. The topological polar surface area (TPSA) is 105 Å². The zero-order valence-corrected chi connectivity index (χ0v) is 13.1. The van der Waals surface area contributed by atoms with Gasteiger partial charge in [-0.05, 0) is 34.1 Å². The summed E-state index contributed by atoms with van der Waals surface area (Å²) in [5, 5.41) is 13.6. The molecule has 116 valence electrons. The lowest BCUT2D eigenvalue weighted by Gasteiger charge is -2.14. The van der Waals surface area contributed by atoms with Gasteiger partial charge < -0.3 is 5.32 Å². The van der Waals surface area contributed by atoms with E-state index in [0.29, 0.717) is 5.82 Å². The molecule has 0 unspecified atom stereocenters. The Morgan fingerprint density at radius 2 is 1.91 bits per heavy atom. The number of pyridine rings is 1. The number of halogens is 1. The van der Waals surface area contributed by atoms with Crippen LogP contribution < -0.4 is 5.32 Å². The highest BCUT2D eigenvalue weighted by molar-refractivity contribution is 9.10. The molecule has 2 amide bonds. The van der Waals surface area contributed by atoms with Gasteiger partial charge in [0.05, 0.1) is 22.7 Å². The van der Waals surface area contributed by atoms with E-state index in [0.717, 1.165) is 15.4 Å². The van der Waals surface area contributed by atoms with Gasteiger partial charge in [-0.1, -0.05) is 0 Å². The molecule has 1 N–H and O–H groups in total. The molecule has 0 radical (unpaired) electrons. The van der Waals surface area contributed by atoms with Gasteiger partial charge in [-0.15, -0.1) is 0 Å². The summed E-state index contributed by atoms with van der Waals surface area (Å²) in [7, 11) is 0. The van der Waals surface area contributed by atoms with Crippen molar-refractivity contribution >= 4 is 39.2 Å². The molecular formula is C14H9BrN4O4. The average Bonchev–Trinajstić information content (AvgIpc) is 2.78. The van der Waals surface area contributed by atoms with Crippen LogP contribution in [0.15, 0.2) is 41.0 Å². The number of anilines is 1. The van der Waals surface area contributed by atoms with Gasteiger partial charge in [-0.2, -0.15) is 0 Å². The second kappa shape index (κ2) is 5.76. The highest BCUT2D eigenvalue weighted by Gasteiger charge is 2.36. The van der Waals surface area contributed by atoms with Crippen molar-refractivity contribution in [3.05, 3.63) is 62.2 Å². The van der Waals surface area contributed by atoms with Gasteiger partial charge in [0, 0.05) is 22.8 Å². The lowest BCUT2D eigenvalue weighted by Crippen LogP contribution is -2.34. The predicted octanol–water partition coefficient (Wildman–Crippen LogP) is 2.42. The van der Waals surface area contributed by atoms with E-state index in [-0.39, 0.29) is 23.5 Å². The first-order valence-corrected chi connectivity index (χ1v) is 7.27. The van der Waals surface area contributed by atoms with Crippen LogP contribution in [0.5, 0.6) is 0 Å².